The fourth-order valence-electron chi connectivity index (χ4n) is 4.75. The van der Waals surface area contributed by atoms with Gasteiger partial charge in [-0.1, -0.05) is 66.7 Å². The zero-order valence-electron chi connectivity index (χ0n) is 17.7. The van der Waals surface area contributed by atoms with E-state index in [0.29, 0.717) is 25.3 Å². The molecule has 3 aromatic rings. The minimum atomic E-state index is -0.0901. The fourth-order valence-corrected chi connectivity index (χ4v) is 4.75. The molecule has 0 saturated heterocycles. The van der Waals surface area contributed by atoms with E-state index in [9.17, 15) is 9.59 Å². The molecule has 1 atom stereocenters. The van der Waals surface area contributed by atoms with Crippen LogP contribution in [0.2, 0.25) is 0 Å². The monoisotopic (exact) mass is 412 g/mol. The van der Waals surface area contributed by atoms with E-state index in [4.69, 9.17) is 0 Å². The third kappa shape index (κ3) is 4.34. The highest BCUT2D eigenvalue weighted by molar-refractivity contribution is 5.90. The van der Waals surface area contributed by atoms with Crippen molar-refractivity contribution in [2.45, 2.75) is 38.1 Å². The Morgan fingerprint density at radius 3 is 2.58 bits per heavy atom. The number of benzene rings is 3. The van der Waals surface area contributed by atoms with E-state index in [1.165, 1.54) is 24.0 Å². The van der Waals surface area contributed by atoms with E-state index in [2.05, 4.69) is 41.7 Å². The molecule has 1 N–H and O–H groups in total. The van der Waals surface area contributed by atoms with Crippen molar-refractivity contribution in [3.8, 4) is 0 Å². The number of hydrogen-bond acceptors (Lipinski definition) is 2. The molecule has 31 heavy (non-hydrogen) atoms. The van der Waals surface area contributed by atoms with Gasteiger partial charge in [-0.25, -0.2) is 0 Å². The lowest BCUT2D eigenvalue weighted by Crippen LogP contribution is -2.45. The Labute approximate surface area is 183 Å². The predicted molar refractivity (Wildman–Crippen MR) is 123 cm³/mol. The molecule has 2 amide bonds. The largest absolute Gasteiger partial charge is 0.353 e. The second-order valence-corrected chi connectivity index (χ2v) is 8.82. The van der Waals surface area contributed by atoms with Crippen LogP contribution in [-0.2, 0) is 22.4 Å². The summed E-state index contributed by atoms with van der Waals surface area (Å²) >= 11 is 0. The Morgan fingerprint density at radius 1 is 0.935 bits per heavy atom. The standard InChI is InChI=1S/C27H28N2O2/c30-26(17-22-9-5-8-20-6-1-3-10-23(20)22)28-18-25-24-11-4-2-7-21(24)14-15-29(25)27(31)16-19-12-13-19/h1-11,19,25H,12-18H2,(H,28,30). The van der Waals surface area contributed by atoms with Crippen LogP contribution in [0.5, 0.6) is 0 Å². The number of rotatable bonds is 6. The molecule has 1 saturated carbocycles. The molecule has 0 spiro atoms. The first-order chi connectivity index (χ1) is 15.2. The van der Waals surface area contributed by atoms with E-state index in [1.54, 1.807) is 0 Å². The lowest BCUT2D eigenvalue weighted by atomic mass is 9.92. The predicted octanol–water partition coefficient (Wildman–Crippen LogP) is 4.42. The van der Waals surface area contributed by atoms with Crippen LogP contribution in [0.15, 0.2) is 66.7 Å². The van der Waals surface area contributed by atoms with Gasteiger partial charge >= 0.3 is 0 Å². The summed E-state index contributed by atoms with van der Waals surface area (Å²) in [5.41, 5.74) is 3.48. The van der Waals surface area contributed by atoms with Gasteiger partial charge in [-0.3, -0.25) is 9.59 Å². The maximum Gasteiger partial charge on any atom is 0.224 e. The van der Waals surface area contributed by atoms with Crippen molar-refractivity contribution in [2.24, 2.45) is 5.92 Å². The van der Waals surface area contributed by atoms with Gasteiger partial charge in [-0.05, 0) is 52.6 Å². The van der Waals surface area contributed by atoms with E-state index in [-0.39, 0.29) is 17.9 Å². The van der Waals surface area contributed by atoms with Crippen LogP contribution in [0, 0.1) is 5.92 Å². The summed E-state index contributed by atoms with van der Waals surface area (Å²) in [6.45, 7) is 1.18. The Kier molecular flexibility index (Phi) is 5.46. The first-order valence-corrected chi connectivity index (χ1v) is 11.3. The third-order valence-corrected chi connectivity index (χ3v) is 6.62. The molecule has 1 heterocycles. The molecule has 4 heteroatoms. The van der Waals surface area contributed by atoms with Gasteiger partial charge in [0.15, 0.2) is 0 Å². The SMILES string of the molecule is O=C(Cc1cccc2ccccc12)NCC1c2ccccc2CCN1C(=O)CC1CC1. The van der Waals surface area contributed by atoms with Gasteiger partial charge in [0.2, 0.25) is 11.8 Å². The number of hydrogen-bond donors (Lipinski definition) is 1. The van der Waals surface area contributed by atoms with E-state index < -0.39 is 0 Å². The van der Waals surface area contributed by atoms with Gasteiger partial charge in [0.1, 0.15) is 0 Å². The van der Waals surface area contributed by atoms with Gasteiger partial charge in [-0.15, -0.1) is 0 Å². The molecule has 1 aliphatic heterocycles. The lowest BCUT2D eigenvalue weighted by molar-refractivity contribution is -0.135. The first-order valence-electron chi connectivity index (χ1n) is 11.3. The van der Waals surface area contributed by atoms with E-state index in [0.717, 1.165) is 29.3 Å². The highest BCUT2D eigenvalue weighted by Crippen LogP contribution is 2.36. The minimum Gasteiger partial charge on any atom is -0.353 e. The zero-order valence-corrected chi connectivity index (χ0v) is 17.7. The second-order valence-electron chi connectivity index (χ2n) is 8.82. The molecule has 158 valence electrons. The van der Waals surface area contributed by atoms with Gasteiger partial charge in [0.25, 0.3) is 0 Å². The van der Waals surface area contributed by atoms with Crippen LogP contribution < -0.4 is 5.32 Å². The van der Waals surface area contributed by atoms with Crippen molar-refractivity contribution in [1.29, 1.82) is 0 Å². The van der Waals surface area contributed by atoms with Crippen molar-refractivity contribution in [2.75, 3.05) is 13.1 Å². The van der Waals surface area contributed by atoms with Crippen LogP contribution >= 0.6 is 0 Å². The van der Waals surface area contributed by atoms with E-state index >= 15 is 0 Å². The van der Waals surface area contributed by atoms with Crippen molar-refractivity contribution in [3.05, 3.63) is 83.4 Å². The van der Waals surface area contributed by atoms with Gasteiger partial charge < -0.3 is 10.2 Å². The number of nitrogens with one attached hydrogen (secondary N) is 1. The third-order valence-electron chi connectivity index (χ3n) is 6.62. The summed E-state index contributed by atoms with van der Waals surface area (Å²) in [6, 6.07) is 22.5. The van der Waals surface area contributed by atoms with Gasteiger partial charge in [0.05, 0.1) is 12.5 Å². The maximum absolute atomic E-state index is 13.0. The van der Waals surface area contributed by atoms with Crippen molar-refractivity contribution in [1.82, 2.24) is 10.2 Å². The van der Waals surface area contributed by atoms with Crippen molar-refractivity contribution >= 4 is 22.6 Å². The molecule has 0 bridgehead atoms. The van der Waals surface area contributed by atoms with Crippen molar-refractivity contribution < 1.29 is 9.59 Å². The Hall–Kier alpha value is -3.14. The Balaban J connectivity index is 1.31. The molecule has 0 aromatic heterocycles. The number of amides is 2. The van der Waals surface area contributed by atoms with Gasteiger partial charge in [-0.2, -0.15) is 0 Å². The molecule has 1 aliphatic carbocycles. The molecule has 1 fully saturated rings. The Bertz CT molecular complexity index is 1110. The average Bonchev–Trinajstić information content (AvgIpc) is 3.61. The van der Waals surface area contributed by atoms with E-state index in [1.807, 2.05) is 35.2 Å². The van der Waals surface area contributed by atoms with Crippen LogP contribution in [-0.4, -0.2) is 29.8 Å². The maximum atomic E-state index is 13.0. The first kappa shape index (κ1) is 19.8. The topological polar surface area (TPSA) is 49.4 Å². The molecular formula is C27H28N2O2. The molecule has 2 aliphatic rings. The number of nitrogens with zero attached hydrogens (tertiary/aromatic N) is 1. The fraction of sp³-hybridized carbons (Fsp3) is 0.333. The summed E-state index contributed by atoms with van der Waals surface area (Å²) in [6.07, 6.45) is 4.20. The zero-order chi connectivity index (χ0) is 21.2. The van der Waals surface area contributed by atoms with Crippen LogP contribution in [0.4, 0.5) is 0 Å². The summed E-state index contributed by atoms with van der Waals surface area (Å²) in [5, 5.41) is 5.39. The molecule has 1 unspecified atom stereocenters. The van der Waals surface area contributed by atoms with Crippen LogP contribution in [0.1, 0.15) is 42.0 Å². The molecule has 0 radical (unpaired) electrons. The quantitative estimate of drug-likeness (QED) is 0.651. The summed E-state index contributed by atoms with van der Waals surface area (Å²) in [5.74, 6) is 0.783. The van der Waals surface area contributed by atoms with Crippen molar-refractivity contribution in [3.63, 3.8) is 0 Å². The highest BCUT2D eigenvalue weighted by Gasteiger charge is 2.34. The Morgan fingerprint density at radius 2 is 1.71 bits per heavy atom. The normalized spacial score (nSPS) is 17.9. The summed E-state index contributed by atoms with van der Waals surface area (Å²) in [4.78, 5) is 27.8. The average molecular weight is 413 g/mol. The molecule has 4 nitrogen and oxygen atoms in total. The number of carbonyl (C=O) groups excluding carboxylic acids is 2. The van der Waals surface area contributed by atoms with Crippen LogP contribution in [0.3, 0.4) is 0 Å². The molecular weight excluding hydrogens is 384 g/mol. The van der Waals surface area contributed by atoms with Crippen LogP contribution in [0.25, 0.3) is 10.8 Å². The highest BCUT2D eigenvalue weighted by atomic mass is 16.2. The smallest absolute Gasteiger partial charge is 0.224 e. The second kappa shape index (κ2) is 8.54. The number of fused-ring (bicyclic) bond motifs is 2. The number of carbonyl (C=O) groups is 2. The summed E-state index contributed by atoms with van der Waals surface area (Å²) in [7, 11) is 0. The lowest BCUT2D eigenvalue weighted by Gasteiger charge is -2.37. The van der Waals surface area contributed by atoms with Gasteiger partial charge in [0, 0.05) is 19.5 Å². The molecule has 3 aromatic carbocycles. The minimum absolute atomic E-state index is 0.00556. The summed E-state index contributed by atoms with van der Waals surface area (Å²) < 4.78 is 0. The molecule has 5 rings (SSSR count).